The molecule has 2 aromatic carbocycles. The van der Waals surface area contributed by atoms with Crippen molar-refractivity contribution in [1.29, 1.82) is 0 Å². The Morgan fingerprint density at radius 3 is 2.52 bits per heavy atom. The van der Waals surface area contributed by atoms with E-state index in [0.717, 1.165) is 20.1 Å². The summed E-state index contributed by atoms with van der Waals surface area (Å²) in [5.74, 6) is 0.0996. The van der Waals surface area contributed by atoms with Gasteiger partial charge in [0.15, 0.2) is 4.34 Å². The third-order valence-corrected chi connectivity index (χ3v) is 8.75. The SMILES string of the molecule is CSc1nc2ccc(S(=O)(=O)N(CC(C)C)C[C@@H](O)[C@@H](N)Cc3ccccc3)cc2s1. The summed E-state index contributed by atoms with van der Waals surface area (Å²) in [6.45, 7) is 4.16. The number of rotatable bonds is 10. The van der Waals surface area contributed by atoms with Gasteiger partial charge in [0.05, 0.1) is 21.2 Å². The summed E-state index contributed by atoms with van der Waals surface area (Å²) in [4.78, 5) is 4.68. The highest BCUT2D eigenvalue weighted by molar-refractivity contribution is 8.00. The first-order chi connectivity index (χ1) is 14.7. The Kier molecular flexibility index (Phi) is 8.12. The van der Waals surface area contributed by atoms with Crippen molar-refractivity contribution in [3.05, 3.63) is 54.1 Å². The van der Waals surface area contributed by atoms with Crippen LogP contribution < -0.4 is 5.73 Å². The van der Waals surface area contributed by atoms with E-state index in [1.807, 2.05) is 50.4 Å². The van der Waals surface area contributed by atoms with Crippen LogP contribution in [0.15, 0.2) is 57.8 Å². The third kappa shape index (κ3) is 6.06. The molecule has 0 radical (unpaired) electrons. The molecular weight excluding hydrogens is 450 g/mol. The van der Waals surface area contributed by atoms with Crippen molar-refractivity contribution in [3.8, 4) is 0 Å². The highest BCUT2D eigenvalue weighted by Crippen LogP contribution is 2.31. The minimum absolute atomic E-state index is 0.0503. The van der Waals surface area contributed by atoms with Crippen LogP contribution in [-0.2, 0) is 16.4 Å². The van der Waals surface area contributed by atoms with E-state index in [0.29, 0.717) is 13.0 Å². The van der Waals surface area contributed by atoms with Crippen LogP contribution >= 0.6 is 23.1 Å². The summed E-state index contributed by atoms with van der Waals surface area (Å²) in [6, 6.07) is 14.1. The lowest BCUT2D eigenvalue weighted by atomic mass is 10.0. The molecule has 168 valence electrons. The maximum absolute atomic E-state index is 13.5. The maximum atomic E-state index is 13.5. The van der Waals surface area contributed by atoms with Crippen molar-refractivity contribution in [2.24, 2.45) is 11.7 Å². The summed E-state index contributed by atoms with van der Waals surface area (Å²) in [7, 11) is -3.80. The first-order valence-corrected chi connectivity index (χ1v) is 13.6. The quantitative estimate of drug-likeness (QED) is 0.431. The summed E-state index contributed by atoms with van der Waals surface area (Å²) in [5, 5.41) is 10.7. The number of aliphatic hydroxyl groups is 1. The van der Waals surface area contributed by atoms with Crippen molar-refractivity contribution in [2.75, 3.05) is 19.3 Å². The molecule has 2 atom stereocenters. The van der Waals surface area contributed by atoms with Crippen molar-refractivity contribution >= 4 is 43.3 Å². The van der Waals surface area contributed by atoms with Gasteiger partial charge in [-0.05, 0) is 42.4 Å². The zero-order valence-electron chi connectivity index (χ0n) is 17.9. The van der Waals surface area contributed by atoms with Crippen LogP contribution in [0.3, 0.4) is 0 Å². The summed E-state index contributed by atoms with van der Waals surface area (Å²) >= 11 is 3.01. The first kappa shape index (κ1) is 24.2. The normalized spacial score (nSPS) is 14.4. The number of aromatic nitrogens is 1. The largest absolute Gasteiger partial charge is 0.390 e. The summed E-state index contributed by atoms with van der Waals surface area (Å²) in [5.41, 5.74) is 8.02. The molecule has 9 heteroatoms. The second kappa shape index (κ2) is 10.4. The maximum Gasteiger partial charge on any atom is 0.243 e. The van der Waals surface area contributed by atoms with E-state index in [9.17, 15) is 13.5 Å². The predicted molar refractivity (Wildman–Crippen MR) is 129 cm³/mol. The average Bonchev–Trinajstić information content (AvgIpc) is 3.16. The molecule has 0 saturated heterocycles. The molecule has 3 rings (SSSR count). The van der Waals surface area contributed by atoms with Crippen LogP contribution in [0.2, 0.25) is 0 Å². The number of thioether (sulfide) groups is 1. The topological polar surface area (TPSA) is 96.5 Å². The van der Waals surface area contributed by atoms with Gasteiger partial charge in [0.2, 0.25) is 10.0 Å². The molecule has 3 N–H and O–H groups in total. The van der Waals surface area contributed by atoms with Gasteiger partial charge >= 0.3 is 0 Å². The van der Waals surface area contributed by atoms with E-state index in [1.54, 1.807) is 18.2 Å². The number of aliphatic hydroxyl groups excluding tert-OH is 1. The number of sulfonamides is 1. The standard InChI is InChI=1S/C22H29N3O3S3/c1-15(2)13-25(14-20(26)18(23)11-16-7-5-4-6-8-16)31(27,28)17-9-10-19-21(12-17)30-22(24-19)29-3/h4-10,12,15,18,20,26H,11,13-14,23H2,1-3H3/t18-,20+/m0/s1. The Balaban J connectivity index is 1.83. The van der Waals surface area contributed by atoms with Gasteiger partial charge in [0.25, 0.3) is 0 Å². The zero-order valence-corrected chi connectivity index (χ0v) is 20.4. The zero-order chi connectivity index (χ0) is 22.6. The minimum Gasteiger partial charge on any atom is -0.390 e. The molecule has 0 spiro atoms. The van der Waals surface area contributed by atoms with Gasteiger partial charge in [-0.1, -0.05) is 55.9 Å². The molecule has 0 aliphatic rings. The van der Waals surface area contributed by atoms with Crippen LogP contribution in [0.25, 0.3) is 10.2 Å². The Morgan fingerprint density at radius 1 is 1.16 bits per heavy atom. The van der Waals surface area contributed by atoms with E-state index >= 15 is 0 Å². The smallest absolute Gasteiger partial charge is 0.243 e. The highest BCUT2D eigenvalue weighted by Gasteiger charge is 2.30. The van der Waals surface area contributed by atoms with E-state index in [-0.39, 0.29) is 17.4 Å². The lowest BCUT2D eigenvalue weighted by Crippen LogP contribution is -2.47. The second-order valence-electron chi connectivity index (χ2n) is 7.95. The number of benzene rings is 2. The van der Waals surface area contributed by atoms with Crippen molar-refractivity contribution < 1.29 is 13.5 Å². The second-order valence-corrected chi connectivity index (χ2v) is 12.0. The molecule has 31 heavy (non-hydrogen) atoms. The molecule has 0 aliphatic carbocycles. The summed E-state index contributed by atoms with van der Waals surface area (Å²) in [6.07, 6.45) is 1.44. The van der Waals surface area contributed by atoms with Crippen LogP contribution in [0, 0.1) is 5.92 Å². The number of thiazole rings is 1. The van der Waals surface area contributed by atoms with Gasteiger partial charge in [0.1, 0.15) is 0 Å². The third-order valence-electron chi connectivity index (χ3n) is 4.92. The van der Waals surface area contributed by atoms with Crippen LogP contribution in [0.1, 0.15) is 19.4 Å². The minimum atomic E-state index is -3.80. The lowest BCUT2D eigenvalue weighted by molar-refractivity contribution is 0.116. The fourth-order valence-electron chi connectivity index (χ4n) is 3.33. The molecule has 6 nitrogen and oxygen atoms in total. The number of hydrogen-bond donors (Lipinski definition) is 2. The Labute approximate surface area is 192 Å². The Bertz CT molecular complexity index is 1100. The van der Waals surface area contributed by atoms with Gasteiger partial charge in [-0.25, -0.2) is 13.4 Å². The van der Waals surface area contributed by atoms with Crippen LogP contribution in [0.5, 0.6) is 0 Å². The lowest BCUT2D eigenvalue weighted by Gasteiger charge is -2.28. The number of nitrogens with two attached hydrogens (primary N) is 1. The number of hydrogen-bond acceptors (Lipinski definition) is 7. The molecule has 1 aromatic heterocycles. The fourth-order valence-corrected chi connectivity index (χ4v) is 6.58. The molecule has 0 amide bonds. The summed E-state index contributed by atoms with van der Waals surface area (Å²) < 4.78 is 30.0. The van der Waals surface area contributed by atoms with Gasteiger partial charge in [-0.2, -0.15) is 4.31 Å². The van der Waals surface area contributed by atoms with E-state index in [1.165, 1.54) is 27.4 Å². The van der Waals surface area contributed by atoms with Gasteiger partial charge in [-0.15, -0.1) is 11.3 Å². The molecule has 1 heterocycles. The van der Waals surface area contributed by atoms with E-state index in [2.05, 4.69) is 4.98 Å². The van der Waals surface area contributed by atoms with Gasteiger partial charge in [0, 0.05) is 19.1 Å². The number of nitrogens with zero attached hydrogens (tertiary/aromatic N) is 2. The van der Waals surface area contributed by atoms with Crippen molar-refractivity contribution in [2.45, 2.75) is 41.6 Å². The van der Waals surface area contributed by atoms with Crippen molar-refractivity contribution in [3.63, 3.8) is 0 Å². The average molecular weight is 480 g/mol. The van der Waals surface area contributed by atoms with Crippen LogP contribution in [0.4, 0.5) is 0 Å². The van der Waals surface area contributed by atoms with Crippen LogP contribution in [-0.4, -0.2) is 54.3 Å². The Morgan fingerprint density at radius 2 is 1.87 bits per heavy atom. The monoisotopic (exact) mass is 479 g/mol. The molecule has 0 bridgehead atoms. The molecule has 3 aromatic rings. The first-order valence-electron chi connectivity index (χ1n) is 10.1. The number of fused-ring (bicyclic) bond motifs is 1. The van der Waals surface area contributed by atoms with Gasteiger partial charge in [-0.3, -0.25) is 0 Å². The molecule has 0 fully saturated rings. The van der Waals surface area contributed by atoms with E-state index in [4.69, 9.17) is 5.73 Å². The van der Waals surface area contributed by atoms with Gasteiger partial charge < -0.3 is 10.8 Å². The molecule has 0 saturated carbocycles. The molecule has 0 aliphatic heterocycles. The van der Waals surface area contributed by atoms with E-state index < -0.39 is 22.2 Å². The molecule has 0 unspecified atom stereocenters. The van der Waals surface area contributed by atoms with Crippen molar-refractivity contribution in [1.82, 2.24) is 9.29 Å². The fraction of sp³-hybridized carbons (Fsp3) is 0.409. The molecular formula is C22H29N3O3S3. The Hall–Kier alpha value is -1.49. The highest BCUT2D eigenvalue weighted by atomic mass is 32.2. The predicted octanol–water partition coefficient (Wildman–Crippen LogP) is 3.60.